The van der Waals surface area contributed by atoms with Crippen LogP contribution in [0.15, 0.2) is 0 Å². The van der Waals surface area contributed by atoms with Crippen molar-refractivity contribution in [2.75, 3.05) is 41.0 Å². The first-order valence-corrected chi connectivity index (χ1v) is 18.1. The summed E-state index contributed by atoms with van der Waals surface area (Å²) in [5.74, 6) is -1.52. The van der Waals surface area contributed by atoms with Crippen LogP contribution in [0.5, 0.6) is 0 Å². The van der Waals surface area contributed by atoms with Gasteiger partial charge in [0.25, 0.3) is 0 Å². The fourth-order valence-corrected chi connectivity index (χ4v) is 5.42. The molecule has 0 amide bonds. The molecule has 8 heteroatoms. The van der Waals surface area contributed by atoms with E-state index in [1.54, 1.807) is 0 Å². The maximum Gasteiger partial charge on any atom is 0.362 e. The molecular weight excluding hydrogens is 558 g/mol. The van der Waals surface area contributed by atoms with Gasteiger partial charge in [-0.3, -0.25) is 9.59 Å². The van der Waals surface area contributed by atoms with Crippen molar-refractivity contribution in [3.63, 3.8) is 0 Å². The fraction of sp³-hybridized carbons (Fsp3) is 0.917. The number of carboxylic acids is 1. The van der Waals surface area contributed by atoms with E-state index in [1.165, 1.54) is 103 Å². The number of rotatable bonds is 32. The summed E-state index contributed by atoms with van der Waals surface area (Å²) in [5.41, 5.74) is 0. The number of carbonyl (C=O) groups is 3. The molecule has 0 aromatic heterocycles. The summed E-state index contributed by atoms with van der Waals surface area (Å²) in [5, 5.41) is 9.49. The Balaban J connectivity index is 3.96. The maximum atomic E-state index is 12.5. The number of carboxylic acid groups (broad SMARTS) is 1. The lowest BCUT2D eigenvalue weighted by Gasteiger charge is -2.31. The maximum absolute atomic E-state index is 12.5. The normalized spacial score (nSPS) is 13.0. The lowest BCUT2D eigenvalue weighted by Crippen LogP contribution is -2.50. The second-order valence-corrected chi connectivity index (χ2v) is 13.5. The summed E-state index contributed by atoms with van der Waals surface area (Å²) < 4.78 is 16.8. The molecule has 44 heavy (non-hydrogen) atoms. The van der Waals surface area contributed by atoms with Crippen molar-refractivity contribution in [2.24, 2.45) is 0 Å². The zero-order chi connectivity index (χ0) is 32.9. The summed E-state index contributed by atoms with van der Waals surface area (Å²) in [7, 11) is 5.49. The molecule has 0 spiro atoms. The van der Waals surface area contributed by atoms with Crippen LogP contribution in [0.25, 0.3) is 0 Å². The highest BCUT2D eigenvalue weighted by Gasteiger charge is 2.31. The van der Waals surface area contributed by atoms with Crippen molar-refractivity contribution in [1.82, 2.24) is 0 Å². The number of carbonyl (C=O) groups excluding carboxylic acids is 2. The number of aliphatic carboxylic acids is 1. The molecule has 0 saturated carbocycles. The predicted octanol–water partition coefficient (Wildman–Crippen LogP) is 8.63. The Morgan fingerprint density at radius 1 is 0.591 bits per heavy atom. The zero-order valence-electron chi connectivity index (χ0n) is 29.4. The van der Waals surface area contributed by atoms with Crippen LogP contribution in [0.3, 0.4) is 0 Å². The van der Waals surface area contributed by atoms with Crippen LogP contribution >= 0.6 is 0 Å². The van der Waals surface area contributed by atoms with Crippen LogP contribution in [0.4, 0.5) is 0 Å². The molecule has 0 aliphatic rings. The van der Waals surface area contributed by atoms with Crippen molar-refractivity contribution in [2.45, 2.75) is 174 Å². The standard InChI is InChI=1S/C36H69NO7/c1-6-8-9-10-11-12-13-14-15-16-17-18-19-20-21-22-23-24-25-27-35(39)44-32(31-43-34(38)26-7-2)30-42-29-28-33(36(40)41)37(3,4)5/h32-33H,6-31H2,1-5H3/p+1. The monoisotopic (exact) mass is 629 g/mol. The molecule has 0 saturated heterocycles. The largest absolute Gasteiger partial charge is 0.477 e. The lowest BCUT2D eigenvalue weighted by atomic mass is 10.0. The van der Waals surface area contributed by atoms with Crippen LogP contribution in [-0.2, 0) is 28.6 Å². The average Bonchev–Trinajstić information content (AvgIpc) is 2.96. The Morgan fingerprint density at radius 3 is 1.45 bits per heavy atom. The van der Waals surface area contributed by atoms with Crippen molar-refractivity contribution in [3.8, 4) is 0 Å². The average molecular weight is 629 g/mol. The van der Waals surface area contributed by atoms with E-state index in [1.807, 2.05) is 28.1 Å². The molecule has 0 bridgehead atoms. The third-order valence-electron chi connectivity index (χ3n) is 8.23. The van der Waals surface area contributed by atoms with Crippen LogP contribution < -0.4 is 0 Å². The smallest absolute Gasteiger partial charge is 0.362 e. The van der Waals surface area contributed by atoms with E-state index in [0.29, 0.717) is 25.7 Å². The molecule has 0 fully saturated rings. The first-order chi connectivity index (χ1) is 21.1. The van der Waals surface area contributed by atoms with Gasteiger partial charge in [0, 0.05) is 19.3 Å². The van der Waals surface area contributed by atoms with Gasteiger partial charge in [-0.15, -0.1) is 0 Å². The molecule has 0 aliphatic heterocycles. The Kier molecular flexibility index (Phi) is 27.7. The predicted molar refractivity (Wildman–Crippen MR) is 179 cm³/mol. The van der Waals surface area contributed by atoms with E-state index in [0.717, 1.165) is 19.3 Å². The molecule has 260 valence electrons. The molecule has 2 unspecified atom stereocenters. The summed E-state index contributed by atoms with van der Waals surface area (Å²) in [6.07, 6.45) is 25.8. The number of hydrogen-bond acceptors (Lipinski definition) is 6. The zero-order valence-corrected chi connectivity index (χ0v) is 29.4. The Morgan fingerprint density at radius 2 is 1.05 bits per heavy atom. The number of esters is 2. The van der Waals surface area contributed by atoms with Gasteiger partial charge in [0.1, 0.15) is 6.61 Å². The molecule has 0 aliphatic carbocycles. The van der Waals surface area contributed by atoms with Crippen molar-refractivity contribution < 1.29 is 38.2 Å². The van der Waals surface area contributed by atoms with Gasteiger partial charge in [-0.25, -0.2) is 4.79 Å². The van der Waals surface area contributed by atoms with E-state index in [9.17, 15) is 19.5 Å². The second-order valence-electron chi connectivity index (χ2n) is 13.5. The summed E-state index contributed by atoms with van der Waals surface area (Å²) >= 11 is 0. The minimum absolute atomic E-state index is 0.0541. The lowest BCUT2D eigenvalue weighted by molar-refractivity contribution is -0.887. The van der Waals surface area contributed by atoms with Crippen LogP contribution in [0, 0.1) is 0 Å². The first-order valence-electron chi connectivity index (χ1n) is 18.1. The number of unbranched alkanes of at least 4 members (excludes halogenated alkanes) is 18. The van der Waals surface area contributed by atoms with Gasteiger partial charge in [-0.2, -0.15) is 0 Å². The minimum Gasteiger partial charge on any atom is -0.477 e. The van der Waals surface area contributed by atoms with Gasteiger partial charge in [0.05, 0.1) is 34.4 Å². The molecule has 0 heterocycles. The van der Waals surface area contributed by atoms with Gasteiger partial charge in [0.2, 0.25) is 0 Å². The molecule has 1 N–H and O–H groups in total. The third-order valence-corrected chi connectivity index (χ3v) is 8.23. The van der Waals surface area contributed by atoms with Gasteiger partial charge >= 0.3 is 17.9 Å². The van der Waals surface area contributed by atoms with Gasteiger partial charge in [-0.05, 0) is 12.8 Å². The Labute approximate surface area is 270 Å². The van der Waals surface area contributed by atoms with E-state index in [4.69, 9.17) is 14.2 Å². The number of hydrogen-bond donors (Lipinski definition) is 1. The molecule has 0 aromatic carbocycles. The van der Waals surface area contributed by atoms with Crippen LogP contribution in [-0.4, -0.2) is 80.6 Å². The molecule has 0 aromatic rings. The minimum atomic E-state index is -0.878. The number of likely N-dealkylation sites (N-methyl/N-ethyl adjacent to an activating group) is 1. The van der Waals surface area contributed by atoms with E-state index in [2.05, 4.69) is 6.92 Å². The topological polar surface area (TPSA) is 99.1 Å². The highest BCUT2D eigenvalue weighted by molar-refractivity contribution is 5.72. The fourth-order valence-electron chi connectivity index (χ4n) is 5.42. The number of quaternary nitrogens is 1. The third kappa shape index (κ3) is 26.7. The molecule has 0 radical (unpaired) electrons. The SMILES string of the molecule is CCCCCCCCCCCCCCCCCCCCCC(=O)OC(COCCC(C(=O)O)[N+](C)(C)C)COC(=O)CCC. The Bertz CT molecular complexity index is 707. The summed E-state index contributed by atoms with van der Waals surface area (Å²) in [6, 6.07) is -0.604. The van der Waals surface area contributed by atoms with Gasteiger partial charge < -0.3 is 23.8 Å². The molecule has 0 rings (SSSR count). The van der Waals surface area contributed by atoms with E-state index >= 15 is 0 Å². The van der Waals surface area contributed by atoms with Crippen LogP contribution in [0.1, 0.15) is 162 Å². The van der Waals surface area contributed by atoms with Crippen molar-refractivity contribution in [1.29, 1.82) is 0 Å². The van der Waals surface area contributed by atoms with E-state index in [-0.39, 0.29) is 36.2 Å². The second kappa shape index (κ2) is 28.8. The summed E-state index contributed by atoms with van der Waals surface area (Å²) in [6.45, 7) is 4.39. The molecule has 8 nitrogen and oxygen atoms in total. The number of ether oxygens (including phenoxy) is 3. The Hall–Kier alpha value is -1.67. The van der Waals surface area contributed by atoms with Gasteiger partial charge in [0.15, 0.2) is 12.1 Å². The molecular formula is C36H70NO7+. The van der Waals surface area contributed by atoms with Crippen molar-refractivity contribution in [3.05, 3.63) is 0 Å². The van der Waals surface area contributed by atoms with Gasteiger partial charge in [-0.1, -0.05) is 129 Å². The highest BCUT2D eigenvalue weighted by atomic mass is 16.6. The highest BCUT2D eigenvalue weighted by Crippen LogP contribution is 2.15. The van der Waals surface area contributed by atoms with Crippen LogP contribution in [0.2, 0.25) is 0 Å². The quantitative estimate of drug-likeness (QED) is 0.0452. The van der Waals surface area contributed by atoms with Crippen molar-refractivity contribution >= 4 is 17.9 Å². The van der Waals surface area contributed by atoms with E-state index < -0.39 is 18.1 Å². The number of nitrogens with zero attached hydrogens (tertiary/aromatic N) is 1. The summed E-state index contributed by atoms with van der Waals surface area (Å²) in [4.78, 5) is 35.9. The first kappa shape index (κ1) is 42.3. The molecule has 2 atom stereocenters.